The van der Waals surface area contributed by atoms with Gasteiger partial charge in [-0.1, -0.05) is 66.7 Å². The van der Waals surface area contributed by atoms with Gasteiger partial charge in [-0.25, -0.2) is 4.79 Å². The fraction of sp³-hybridized carbons (Fsp3) is 0.0526. The van der Waals surface area contributed by atoms with Crippen LogP contribution in [0.4, 0.5) is 0 Å². The molecule has 114 valence electrons. The summed E-state index contributed by atoms with van der Waals surface area (Å²) < 4.78 is 5.13. The summed E-state index contributed by atoms with van der Waals surface area (Å²) in [6, 6.07) is 18.1. The van der Waals surface area contributed by atoms with E-state index in [-0.39, 0.29) is 5.57 Å². The van der Waals surface area contributed by atoms with E-state index in [2.05, 4.69) is 0 Å². The van der Waals surface area contributed by atoms with Crippen molar-refractivity contribution < 1.29 is 19.4 Å². The zero-order valence-corrected chi connectivity index (χ0v) is 12.2. The summed E-state index contributed by atoms with van der Waals surface area (Å²) in [5, 5.41) is 9.91. The first kappa shape index (κ1) is 14.8. The van der Waals surface area contributed by atoms with Crippen molar-refractivity contribution in [3.05, 3.63) is 89.2 Å². The molecule has 1 heterocycles. The van der Waals surface area contributed by atoms with Gasteiger partial charge in [0.05, 0.1) is 5.57 Å². The number of carbonyl (C=O) groups excluding carboxylic acids is 2. The van der Waals surface area contributed by atoms with Crippen molar-refractivity contribution in [2.24, 2.45) is 0 Å². The zero-order valence-electron chi connectivity index (χ0n) is 12.2. The lowest BCUT2D eigenvalue weighted by atomic mass is 9.98. The molecule has 1 unspecified atom stereocenters. The first-order valence-electron chi connectivity index (χ1n) is 7.13. The molecule has 1 aliphatic heterocycles. The molecule has 0 amide bonds. The normalized spacial score (nSPS) is 17.6. The fourth-order valence-electron chi connectivity index (χ4n) is 2.39. The number of esters is 1. The number of hydrogen-bond donors (Lipinski definition) is 1. The topological polar surface area (TPSA) is 63.6 Å². The van der Waals surface area contributed by atoms with Crippen molar-refractivity contribution in [3.8, 4) is 0 Å². The molecule has 0 radical (unpaired) electrons. The highest BCUT2D eigenvalue weighted by Crippen LogP contribution is 2.34. The van der Waals surface area contributed by atoms with Crippen LogP contribution in [0.25, 0.3) is 6.08 Å². The summed E-state index contributed by atoms with van der Waals surface area (Å²) in [4.78, 5) is 24.1. The lowest BCUT2D eigenvalue weighted by Crippen LogP contribution is -2.08. The molecule has 0 saturated heterocycles. The van der Waals surface area contributed by atoms with Crippen molar-refractivity contribution in [1.82, 2.24) is 0 Å². The number of aliphatic hydroxyl groups excluding tert-OH is 1. The lowest BCUT2D eigenvalue weighted by molar-refractivity contribution is -0.142. The Morgan fingerprint density at radius 2 is 1.61 bits per heavy atom. The number of allylic oxidation sites excluding steroid dienone is 1. The van der Waals surface area contributed by atoms with Gasteiger partial charge in [-0.05, 0) is 17.2 Å². The van der Waals surface area contributed by atoms with E-state index in [0.717, 1.165) is 5.56 Å². The number of rotatable bonds is 4. The second-order valence-corrected chi connectivity index (χ2v) is 5.07. The zero-order chi connectivity index (χ0) is 16.2. The van der Waals surface area contributed by atoms with Crippen molar-refractivity contribution in [3.63, 3.8) is 0 Å². The Balaban J connectivity index is 1.90. The van der Waals surface area contributed by atoms with Gasteiger partial charge >= 0.3 is 5.97 Å². The second-order valence-electron chi connectivity index (χ2n) is 5.07. The monoisotopic (exact) mass is 306 g/mol. The number of hydrogen-bond acceptors (Lipinski definition) is 4. The maximum Gasteiger partial charge on any atom is 0.374 e. The Labute approximate surface area is 133 Å². The highest BCUT2D eigenvalue weighted by Gasteiger charge is 2.38. The third-order valence-corrected chi connectivity index (χ3v) is 3.53. The summed E-state index contributed by atoms with van der Waals surface area (Å²) >= 11 is 0. The average Bonchev–Trinajstić information content (AvgIpc) is 2.90. The number of cyclic esters (lactones) is 1. The first-order chi connectivity index (χ1) is 11.2. The summed E-state index contributed by atoms with van der Waals surface area (Å²) in [6.07, 6.45) is 2.09. The molecule has 0 bridgehead atoms. The van der Waals surface area contributed by atoms with Crippen molar-refractivity contribution in [1.29, 1.82) is 0 Å². The van der Waals surface area contributed by atoms with Crippen LogP contribution in [0.2, 0.25) is 0 Å². The number of ether oxygens (including phenoxy) is 1. The standard InChI is InChI=1S/C19H14O4/c20-15(12-11-13-7-3-1-4-8-13)16-17(21)19(22)23-18(16)14-9-5-2-6-10-14/h1-12,18,21H. The molecule has 0 saturated carbocycles. The van der Waals surface area contributed by atoms with Gasteiger partial charge in [0.25, 0.3) is 0 Å². The van der Waals surface area contributed by atoms with Crippen LogP contribution in [0.3, 0.4) is 0 Å². The molecule has 3 rings (SSSR count). The van der Waals surface area contributed by atoms with Gasteiger partial charge in [-0.2, -0.15) is 0 Å². The Kier molecular flexibility index (Phi) is 4.06. The molecular weight excluding hydrogens is 292 g/mol. The molecular formula is C19H14O4. The van der Waals surface area contributed by atoms with Gasteiger partial charge in [0.15, 0.2) is 11.9 Å². The minimum Gasteiger partial charge on any atom is -0.501 e. The molecule has 23 heavy (non-hydrogen) atoms. The van der Waals surface area contributed by atoms with Crippen LogP contribution in [0.15, 0.2) is 78.1 Å². The minimum atomic E-state index is -0.879. The predicted octanol–water partition coefficient (Wildman–Crippen LogP) is 3.38. The highest BCUT2D eigenvalue weighted by molar-refractivity contribution is 6.12. The van der Waals surface area contributed by atoms with Crippen LogP contribution < -0.4 is 0 Å². The lowest BCUT2D eigenvalue weighted by Gasteiger charge is -2.11. The molecule has 2 aromatic carbocycles. The molecule has 1 N–H and O–H groups in total. The van der Waals surface area contributed by atoms with Crippen molar-refractivity contribution in [2.45, 2.75) is 6.10 Å². The Morgan fingerprint density at radius 3 is 2.26 bits per heavy atom. The number of aliphatic hydroxyl groups is 1. The van der Waals surface area contributed by atoms with Crippen LogP contribution in [-0.4, -0.2) is 16.9 Å². The summed E-state index contributed by atoms with van der Waals surface area (Å²) in [5.41, 5.74) is 1.46. The third-order valence-electron chi connectivity index (χ3n) is 3.53. The van der Waals surface area contributed by atoms with Gasteiger partial charge in [0.2, 0.25) is 5.76 Å². The summed E-state index contributed by atoms with van der Waals surface area (Å²) in [7, 11) is 0. The van der Waals surface area contributed by atoms with Gasteiger partial charge in [0, 0.05) is 0 Å². The minimum absolute atomic E-state index is 0.0339. The quantitative estimate of drug-likeness (QED) is 0.695. The van der Waals surface area contributed by atoms with E-state index < -0.39 is 23.6 Å². The number of carbonyl (C=O) groups is 2. The fourth-order valence-corrected chi connectivity index (χ4v) is 2.39. The van der Waals surface area contributed by atoms with E-state index in [1.165, 1.54) is 6.08 Å². The van der Waals surface area contributed by atoms with Gasteiger partial charge in [-0.3, -0.25) is 4.79 Å². The Hall–Kier alpha value is -3.14. The first-order valence-corrected chi connectivity index (χ1v) is 7.13. The predicted molar refractivity (Wildman–Crippen MR) is 85.4 cm³/mol. The van der Waals surface area contributed by atoms with Crippen molar-refractivity contribution >= 4 is 17.8 Å². The van der Waals surface area contributed by atoms with E-state index in [1.54, 1.807) is 30.3 Å². The molecule has 4 heteroatoms. The molecule has 0 spiro atoms. The SMILES string of the molecule is O=C(C=Cc1ccccc1)C1=C(O)C(=O)OC1c1ccccc1. The molecule has 0 aliphatic carbocycles. The maximum absolute atomic E-state index is 12.4. The van der Waals surface area contributed by atoms with E-state index in [1.807, 2.05) is 36.4 Å². The molecule has 0 fully saturated rings. The number of benzene rings is 2. The molecule has 2 aromatic rings. The third kappa shape index (κ3) is 3.06. The van der Waals surface area contributed by atoms with Crippen LogP contribution in [0, 0.1) is 0 Å². The van der Waals surface area contributed by atoms with E-state index in [9.17, 15) is 14.7 Å². The molecule has 4 nitrogen and oxygen atoms in total. The van der Waals surface area contributed by atoms with Gasteiger partial charge < -0.3 is 9.84 Å². The van der Waals surface area contributed by atoms with E-state index >= 15 is 0 Å². The van der Waals surface area contributed by atoms with Gasteiger partial charge in [0.1, 0.15) is 0 Å². The summed E-state index contributed by atoms with van der Waals surface area (Å²) in [6.45, 7) is 0. The Bertz CT molecular complexity index is 789. The Morgan fingerprint density at radius 1 is 1.00 bits per heavy atom. The van der Waals surface area contributed by atoms with Crippen LogP contribution in [-0.2, 0) is 14.3 Å². The smallest absolute Gasteiger partial charge is 0.374 e. The van der Waals surface area contributed by atoms with E-state index in [4.69, 9.17) is 4.74 Å². The van der Waals surface area contributed by atoms with Crippen LogP contribution in [0.1, 0.15) is 17.2 Å². The molecule has 0 aromatic heterocycles. The highest BCUT2D eigenvalue weighted by atomic mass is 16.6. The second kappa shape index (κ2) is 6.32. The van der Waals surface area contributed by atoms with Crippen LogP contribution in [0.5, 0.6) is 0 Å². The van der Waals surface area contributed by atoms with Gasteiger partial charge in [-0.15, -0.1) is 0 Å². The average molecular weight is 306 g/mol. The number of ketones is 1. The summed E-state index contributed by atoms with van der Waals surface area (Å²) in [5.74, 6) is -1.96. The molecule has 1 atom stereocenters. The van der Waals surface area contributed by atoms with E-state index in [0.29, 0.717) is 5.56 Å². The maximum atomic E-state index is 12.4. The van der Waals surface area contributed by atoms with Crippen LogP contribution >= 0.6 is 0 Å². The molecule has 1 aliphatic rings. The largest absolute Gasteiger partial charge is 0.501 e. The van der Waals surface area contributed by atoms with Crippen molar-refractivity contribution in [2.75, 3.05) is 0 Å².